The topological polar surface area (TPSA) is 72.9 Å². The molecule has 6 nitrogen and oxygen atoms in total. The fourth-order valence-corrected chi connectivity index (χ4v) is 2.03. The van der Waals surface area contributed by atoms with Crippen molar-refractivity contribution in [2.24, 2.45) is 0 Å². The van der Waals surface area contributed by atoms with Gasteiger partial charge in [0.15, 0.2) is 0 Å². The van der Waals surface area contributed by atoms with Gasteiger partial charge in [0.05, 0.1) is 0 Å². The van der Waals surface area contributed by atoms with E-state index >= 15 is 0 Å². The molecule has 0 atom stereocenters. The smallest absolute Gasteiger partial charge is 0.442 e. The van der Waals surface area contributed by atoms with Gasteiger partial charge in [-0.05, 0) is 12.0 Å². The summed E-state index contributed by atoms with van der Waals surface area (Å²) in [6.45, 7) is 3.25. The molecular weight excluding hydrogens is 310 g/mol. The first-order valence-electron chi connectivity index (χ1n) is 8.26. The van der Waals surface area contributed by atoms with Gasteiger partial charge in [0.1, 0.15) is 6.61 Å². The Labute approximate surface area is 142 Å². The number of ether oxygens (including phenoxy) is 1. The first kappa shape index (κ1) is 19.7. The molecule has 1 aromatic carbocycles. The van der Waals surface area contributed by atoms with E-state index in [4.69, 9.17) is 9.57 Å². The zero-order valence-corrected chi connectivity index (χ0v) is 14.3. The number of unbranched alkanes of at least 4 members (excludes halogenated alkanes) is 4. The molecular formula is C18H25NO5. The summed E-state index contributed by atoms with van der Waals surface area (Å²) < 4.78 is 5.00. The van der Waals surface area contributed by atoms with Crippen molar-refractivity contribution in [3.8, 4) is 0 Å². The van der Waals surface area contributed by atoms with Crippen LogP contribution in [0.2, 0.25) is 0 Å². The molecule has 0 aliphatic carbocycles. The molecule has 0 N–H and O–H groups in total. The van der Waals surface area contributed by atoms with Gasteiger partial charge in [0.2, 0.25) is 0 Å². The number of hydroxylamine groups is 2. The maximum absolute atomic E-state index is 11.9. The summed E-state index contributed by atoms with van der Waals surface area (Å²) in [4.78, 5) is 40.0. The van der Waals surface area contributed by atoms with Crippen LogP contribution in [0, 0.1) is 0 Å². The first-order chi connectivity index (χ1) is 11.5. The molecule has 0 heterocycles. The Morgan fingerprint density at radius 1 is 1.00 bits per heavy atom. The summed E-state index contributed by atoms with van der Waals surface area (Å²) in [7, 11) is 0. The number of hydrogen-bond donors (Lipinski definition) is 0. The van der Waals surface area contributed by atoms with Crippen LogP contribution < -0.4 is 0 Å². The molecule has 0 unspecified atom stereocenters. The summed E-state index contributed by atoms with van der Waals surface area (Å²) in [5, 5.41) is 0.372. The van der Waals surface area contributed by atoms with Gasteiger partial charge in [0.25, 0.3) is 5.91 Å². The third kappa shape index (κ3) is 7.76. The van der Waals surface area contributed by atoms with Crippen molar-refractivity contribution in [1.82, 2.24) is 5.06 Å². The van der Waals surface area contributed by atoms with E-state index in [2.05, 4.69) is 6.92 Å². The van der Waals surface area contributed by atoms with Crippen molar-refractivity contribution in [2.45, 2.75) is 59.0 Å². The molecule has 0 fully saturated rings. The third-order valence-electron chi connectivity index (χ3n) is 3.33. The molecule has 24 heavy (non-hydrogen) atoms. The standard InChI is InChI=1S/C18H25NO5/c1-3-4-5-6-10-13-17(21)24-19(15(2)20)18(22)23-14-16-11-8-7-9-12-16/h7-9,11-12H,3-6,10,13-14H2,1-2H3. The summed E-state index contributed by atoms with van der Waals surface area (Å²) in [6.07, 6.45) is 4.06. The van der Waals surface area contributed by atoms with Gasteiger partial charge in [-0.3, -0.25) is 4.79 Å². The quantitative estimate of drug-likeness (QED) is 0.530. The van der Waals surface area contributed by atoms with Crippen LogP contribution in [-0.2, 0) is 25.8 Å². The minimum Gasteiger partial charge on any atom is -0.442 e. The fourth-order valence-electron chi connectivity index (χ4n) is 2.03. The fraction of sp³-hybridized carbons (Fsp3) is 0.500. The minimum atomic E-state index is -0.995. The number of carbonyl (C=O) groups excluding carboxylic acids is 3. The molecule has 0 aromatic heterocycles. The highest BCUT2D eigenvalue weighted by Gasteiger charge is 2.24. The number of imide groups is 1. The minimum absolute atomic E-state index is 0.00196. The van der Waals surface area contributed by atoms with E-state index in [1.807, 2.05) is 18.2 Å². The lowest BCUT2D eigenvalue weighted by molar-refractivity contribution is -0.189. The van der Waals surface area contributed by atoms with Crippen LogP contribution in [0.3, 0.4) is 0 Å². The van der Waals surface area contributed by atoms with Crippen molar-refractivity contribution in [3.05, 3.63) is 35.9 Å². The van der Waals surface area contributed by atoms with Crippen molar-refractivity contribution >= 4 is 18.0 Å². The van der Waals surface area contributed by atoms with Crippen LogP contribution in [0.1, 0.15) is 57.9 Å². The lowest BCUT2D eigenvalue weighted by Gasteiger charge is -2.17. The Morgan fingerprint density at radius 3 is 2.29 bits per heavy atom. The molecule has 132 valence electrons. The highest BCUT2D eigenvalue weighted by atomic mass is 16.8. The first-order valence-corrected chi connectivity index (χ1v) is 8.26. The zero-order chi connectivity index (χ0) is 17.8. The van der Waals surface area contributed by atoms with Crippen LogP contribution in [-0.4, -0.2) is 23.0 Å². The van der Waals surface area contributed by atoms with Crippen molar-refractivity contribution in [2.75, 3.05) is 0 Å². The van der Waals surface area contributed by atoms with Gasteiger partial charge in [-0.15, -0.1) is 0 Å². The Morgan fingerprint density at radius 2 is 1.67 bits per heavy atom. The maximum atomic E-state index is 11.9. The molecule has 0 saturated carbocycles. The van der Waals surface area contributed by atoms with Crippen molar-refractivity contribution in [3.63, 3.8) is 0 Å². The van der Waals surface area contributed by atoms with Crippen LogP contribution in [0.15, 0.2) is 30.3 Å². The summed E-state index contributed by atoms with van der Waals surface area (Å²) >= 11 is 0. The Kier molecular flexibility index (Phi) is 9.19. The monoisotopic (exact) mass is 335 g/mol. The van der Waals surface area contributed by atoms with Gasteiger partial charge in [-0.2, -0.15) is 0 Å². The molecule has 0 spiro atoms. The SMILES string of the molecule is CCCCCCCC(=O)ON(C(C)=O)C(=O)OCc1ccccc1. The van der Waals surface area contributed by atoms with Crippen LogP contribution >= 0.6 is 0 Å². The van der Waals surface area contributed by atoms with E-state index in [-0.39, 0.29) is 13.0 Å². The number of hydrogen-bond acceptors (Lipinski definition) is 5. The highest BCUT2D eigenvalue weighted by molar-refractivity contribution is 5.90. The Balaban J connectivity index is 2.40. The predicted octanol–water partition coefficient (Wildman–Crippen LogP) is 3.99. The van der Waals surface area contributed by atoms with Gasteiger partial charge < -0.3 is 9.57 Å². The third-order valence-corrected chi connectivity index (χ3v) is 3.33. The maximum Gasteiger partial charge on any atom is 0.451 e. The largest absolute Gasteiger partial charge is 0.451 e. The number of benzene rings is 1. The second kappa shape index (κ2) is 11.2. The Hall–Kier alpha value is -2.37. The zero-order valence-electron chi connectivity index (χ0n) is 14.3. The summed E-state index contributed by atoms with van der Waals surface area (Å²) in [5.74, 6) is -1.31. The lowest BCUT2D eigenvalue weighted by atomic mass is 10.1. The molecule has 0 radical (unpaired) electrons. The van der Waals surface area contributed by atoms with Crippen LogP contribution in [0.5, 0.6) is 0 Å². The predicted molar refractivity (Wildman–Crippen MR) is 88.6 cm³/mol. The van der Waals surface area contributed by atoms with Gasteiger partial charge in [-0.1, -0.05) is 68.0 Å². The van der Waals surface area contributed by atoms with Crippen LogP contribution in [0.4, 0.5) is 4.79 Å². The second-order valence-corrected chi connectivity index (χ2v) is 5.48. The average molecular weight is 335 g/mol. The van der Waals surface area contributed by atoms with Crippen LogP contribution in [0.25, 0.3) is 0 Å². The number of nitrogens with zero attached hydrogens (tertiary/aromatic N) is 1. The van der Waals surface area contributed by atoms with Gasteiger partial charge >= 0.3 is 12.1 Å². The van der Waals surface area contributed by atoms with Crippen molar-refractivity contribution < 1.29 is 24.0 Å². The summed E-state index contributed by atoms with van der Waals surface area (Å²) in [5.41, 5.74) is 0.775. The number of rotatable bonds is 8. The average Bonchev–Trinajstić information content (AvgIpc) is 2.58. The van der Waals surface area contributed by atoms with E-state index in [0.717, 1.165) is 38.2 Å². The molecule has 2 amide bonds. The Bertz CT molecular complexity index is 529. The highest BCUT2D eigenvalue weighted by Crippen LogP contribution is 2.08. The van der Waals surface area contributed by atoms with E-state index < -0.39 is 18.0 Å². The van der Waals surface area contributed by atoms with E-state index in [9.17, 15) is 14.4 Å². The molecule has 1 aromatic rings. The molecule has 1 rings (SSSR count). The molecule has 0 saturated heterocycles. The van der Waals surface area contributed by atoms with Gasteiger partial charge in [-0.25, -0.2) is 9.59 Å². The van der Waals surface area contributed by atoms with E-state index in [0.29, 0.717) is 11.5 Å². The van der Waals surface area contributed by atoms with Gasteiger partial charge in [0, 0.05) is 13.3 Å². The normalized spacial score (nSPS) is 10.1. The lowest BCUT2D eigenvalue weighted by Crippen LogP contribution is -2.37. The van der Waals surface area contributed by atoms with E-state index in [1.165, 1.54) is 0 Å². The number of amides is 2. The summed E-state index contributed by atoms with van der Waals surface area (Å²) in [6, 6.07) is 9.03. The number of carbonyl (C=O) groups is 3. The van der Waals surface area contributed by atoms with Crippen molar-refractivity contribution in [1.29, 1.82) is 0 Å². The van der Waals surface area contributed by atoms with E-state index in [1.54, 1.807) is 12.1 Å². The molecule has 6 heteroatoms. The second-order valence-electron chi connectivity index (χ2n) is 5.48. The molecule has 0 aliphatic heterocycles. The molecule has 0 aliphatic rings. The molecule has 0 bridgehead atoms.